The number of aromatic nitrogens is 3. The van der Waals surface area contributed by atoms with Gasteiger partial charge in [0.1, 0.15) is 0 Å². The zero-order chi connectivity index (χ0) is 19.9. The molecule has 1 saturated heterocycles. The topological polar surface area (TPSA) is 59.0 Å². The number of thiazole rings is 2. The first kappa shape index (κ1) is 19.1. The number of carbonyl (C=O) groups is 1. The Balaban J connectivity index is 1.44. The molecule has 0 N–H and O–H groups in total. The molecular formula is C19H18F2N4OS2. The summed E-state index contributed by atoms with van der Waals surface area (Å²) < 4.78 is 26.6. The van der Waals surface area contributed by atoms with Gasteiger partial charge in [0.25, 0.3) is 11.8 Å². The van der Waals surface area contributed by atoms with Gasteiger partial charge >= 0.3 is 0 Å². The van der Waals surface area contributed by atoms with E-state index >= 15 is 0 Å². The summed E-state index contributed by atoms with van der Waals surface area (Å²) in [5.74, 6) is -3.19. The van der Waals surface area contributed by atoms with Crippen molar-refractivity contribution >= 4 is 28.6 Å². The third kappa shape index (κ3) is 3.95. The smallest absolute Gasteiger partial charge is 0.267 e. The normalized spacial score (nSPS) is 15.9. The third-order valence-corrected chi connectivity index (χ3v) is 6.49. The van der Waals surface area contributed by atoms with E-state index in [1.807, 2.05) is 19.2 Å². The van der Waals surface area contributed by atoms with Crippen LogP contribution in [0.3, 0.4) is 0 Å². The molecule has 146 valence electrons. The molecule has 3 aromatic heterocycles. The molecule has 4 rings (SSSR count). The van der Waals surface area contributed by atoms with E-state index in [-0.39, 0.29) is 13.0 Å². The molecule has 1 fully saturated rings. The molecule has 4 heterocycles. The minimum Gasteiger partial charge on any atom is -0.332 e. The molecule has 1 aliphatic rings. The molecule has 0 unspecified atom stereocenters. The number of halogens is 2. The van der Waals surface area contributed by atoms with E-state index in [4.69, 9.17) is 0 Å². The van der Waals surface area contributed by atoms with Crippen LogP contribution >= 0.6 is 22.7 Å². The Bertz CT molecular complexity index is 1010. The summed E-state index contributed by atoms with van der Waals surface area (Å²) in [5, 5.41) is 3.95. The minimum atomic E-state index is -2.79. The third-order valence-electron chi connectivity index (χ3n) is 4.55. The summed E-state index contributed by atoms with van der Waals surface area (Å²) in [5.41, 5.74) is 3.01. The van der Waals surface area contributed by atoms with Crippen LogP contribution in [0.25, 0.3) is 10.6 Å². The lowest BCUT2D eigenvalue weighted by molar-refractivity contribution is 0.0120. The van der Waals surface area contributed by atoms with E-state index < -0.39 is 18.4 Å². The predicted molar refractivity (Wildman–Crippen MR) is 105 cm³/mol. The number of carbonyl (C=O) groups excluding carboxylic acids is 1. The number of rotatable bonds is 4. The van der Waals surface area contributed by atoms with E-state index in [1.165, 1.54) is 11.1 Å². The summed E-state index contributed by atoms with van der Waals surface area (Å²) in [7, 11) is 0. The molecule has 0 saturated carbocycles. The van der Waals surface area contributed by atoms with Crippen LogP contribution in [-0.4, -0.2) is 44.8 Å². The van der Waals surface area contributed by atoms with E-state index in [2.05, 4.69) is 15.0 Å². The number of hydrogen-bond donors (Lipinski definition) is 0. The Kier molecular flexibility index (Phi) is 4.96. The van der Waals surface area contributed by atoms with Gasteiger partial charge in [0.2, 0.25) is 0 Å². The lowest BCUT2D eigenvalue weighted by Crippen LogP contribution is -2.31. The van der Waals surface area contributed by atoms with Crippen molar-refractivity contribution in [3.63, 3.8) is 0 Å². The SMILES string of the molecule is Cc1nc(C)c(-c2csc(Cc3ccc(C(=O)N4CCC(F)(F)C4)cn3)n2)s1. The molecule has 1 amide bonds. The van der Waals surface area contributed by atoms with Crippen LogP contribution in [0.2, 0.25) is 0 Å². The van der Waals surface area contributed by atoms with Crippen LogP contribution in [0.1, 0.15) is 38.2 Å². The van der Waals surface area contributed by atoms with Crippen LogP contribution in [0.15, 0.2) is 23.7 Å². The Morgan fingerprint density at radius 3 is 2.71 bits per heavy atom. The van der Waals surface area contributed by atoms with Gasteiger partial charge in [-0.3, -0.25) is 9.78 Å². The lowest BCUT2D eigenvalue weighted by atomic mass is 10.2. The van der Waals surface area contributed by atoms with Crippen LogP contribution in [0.4, 0.5) is 8.78 Å². The highest BCUT2D eigenvalue weighted by Gasteiger charge is 2.40. The van der Waals surface area contributed by atoms with Crippen molar-refractivity contribution in [2.75, 3.05) is 13.1 Å². The maximum Gasteiger partial charge on any atom is 0.267 e. The molecule has 1 aliphatic heterocycles. The first-order valence-electron chi connectivity index (χ1n) is 8.81. The van der Waals surface area contributed by atoms with Gasteiger partial charge in [0.15, 0.2) is 0 Å². The van der Waals surface area contributed by atoms with Crippen molar-refractivity contribution in [1.82, 2.24) is 19.9 Å². The largest absolute Gasteiger partial charge is 0.332 e. The fourth-order valence-electron chi connectivity index (χ4n) is 3.17. The van der Waals surface area contributed by atoms with Crippen LogP contribution < -0.4 is 0 Å². The standard InChI is InChI=1S/C19H18F2N4OS2/c1-11-17(28-12(2)23-11)15-9-27-16(24-15)7-14-4-3-13(8-22-14)18(26)25-6-5-19(20,21)10-25/h3-4,8-9H,5-7,10H2,1-2H3. The molecule has 0 atom stereocenters. The minimum absolute atomic E-state index is 0.0753. The Morgan fingerprint density at radius 1 is 1.29 bits per heavy atom. The molecule has 0 radical (unpaired) electrons. The van der Waals surface area contributed by atoms with Gasteiger partial charge in [-0.15, -0.1) is 22.7 Å². The van der Waals surface area contributed by atoms with Crippen molar-refractivity contribution in [3.05, 3.63) is 50.7 Å². The number of aryl methyl sites for hydroxylation is 2. The Morgan fingerprint density at radius 2 is 2.11 bits per heavy atom. The second-order valence-corrected chi connectivity index (χ2v) is 8.97. The van der Waals surface area contributed by atoms with Crippen molar-refractivity contribution in [1.29, 1.82) is 0 Å². The van der Waals surface area contributed by atoms with Gasteiger partial charge < -0.3 is 4.90 Å². The first-order valence-corrected chi connectivity index (χ1v) is 10.5. The molecule has 28 heavy (non-hydrogen) atoms. The highest BCUT2D eigenvalue weighted by Crippen LogP contribution is 2.31. The monoisotopic (exact) mass is 420 g/mol. The molecule has 0 aromatic carbocycles. The van der Waals surface area contributed by atoms with Gasteiger partial charge in [0, 0.05) is 36.7 Å². The second kappa shape index (κ2) is 7.29. The average Bonchev–Trinajstić information content (AvgIpc) is 3.34. The second-order valence-electron chi connectivity index (χ2n) is 6.82. The number of pyridine rings is 1. The van der Waals surface area contributed by atoms with E-state index in [0.29, 0.717) is 12.0 Å². The average molecular weight is 421 g/mol. The summed E-state index contributed by atoms with van der Waals surface area (Å²) >= 11 is 3.18. The molecule has 0 bridgehead atoms. The van der Waals surface area contributed by atoms with Crippen molar-refractivity contribution in [2.24, 2.45) is 0 Å². The number of nitrogens with zero attached hydrogens (tertiary/aromatic N) is 4. The zero-order valence-corrected chi connectivity index (χ0v) is 17.0. The quantitative estimate of drug-likeness (QED) is 0.630. The summed E-state index contributed by atoms with van der Waals surface area (Å²) in [4.78, 5) is 28.0. The fourth-order valence-corrected chi connectivity index (χ4v) is 4.92. The maximum absolute atomic E-state index is 13.3. The fraction of sp³-hybridized carbons (Fsp3) is 0.368. The maximum atomic E-state index is 13.3. The van der Waals surface area contributed by atoms with Gasteiger partial charge in [-0.05, 0) is 26.0 Å². The molecule has 0 aliphatic carbocycles. The van der Waals surface area contributed by atoms with Gasteiger partial charge in [-0.1, -0.05) is 0 Å². The summed E-state index contributed by atoms with van der Waals surface area (Å²) in [6.45, 7) is 3.51. The number of amides is 1. The highest BCUT2D eigenvalue weighted by atomic mass is 32.1. The Hall–Kier alpha value is -2.26. The molecule has 0 spiro atoms. The van der Waals surface area contributed by atoms with Crippen molar-refractivity contribution < 1.29 is 13.6 Å². The lowest BCUT2D eigenvalue weighted by Gasteiger charge is -2.15. The summed E-state index contributed by atoms with van der Waals surface area (Å²) in [6.07, 6.45) is 1.73. The van der Waals surface area contributed by atoms with Crippen molar-refractivity contribution in [2.45, 2.75) is 32.6 Å². The number of alkyl halides is 2. The van der Waals surface area contributed by atoms with Gasteiger partial charge in [-0.25, -0.2) is 18.7 Å². The predicted octanol–water partition coefficient (Wildman–Crippen LogP) is 4.35. The zero-order valence-electron chi connectivity index (χ0n) is 15.4. The van der Waals surface area contributed by atoms with Crippen LogP contribution in [0, 0.1) is 13.8 Å². The van der Waals surface area contributed by atoms with E-state index in [1.54, 1.807) is 34.8 Å². The first-order chi connectivity index (χ1) is 13.3. The number of hydrogen-bond acceptors (Lipinski definition) is 6. The van der Waals surface area contributed by atoms with Gasteiger partial charge in [0.05, 0.1) is 38.4 Å². The highest BCUT2D eigenvalue weighted by molar-refractivity contribution is 7.15. The van der Waals surface area contributed by atoms with E-state index in [0.717, 1.165) is 32.0 Å². The molecule has 3 aromatic rings. The van der Waals surface area contributed by atoms with Gasteiger partial charge in [-0.2, -0.15) is 0 Å². The summed E-state index contributed by atoms with van der Waals surface area (Å²) in [6, 6.07) is 3.40. The molecule has 9 heteroatoms. The van der Waals surface area contributed by atoms with Crippen molar-refractivity contribution in [3.8, 4) is 10.6 Å². The number of likely N-dealkylation sites (tertiary alicyclic amines) is 1. The molecular weight excluding hydrogens is 402 g/mol. The molecule has 5 nitrogen and oxygen atoms in total. The van der Waals surface area contributed by atoms with Crippen LogP contribution in [-0.2, 0) is 6.42 Å². The Labute approximate surface area is 169 Å². The van der Waals surface area contributed by atoms with Crippen LogP contribution in [0.5, 0.6) is 0 Å². The van der Waals surface area contributed by atoms with E-state index in [9.17, 15) is 13.6 Å².